The van der Waals surface area contributed by atoms with Crippen molar-refractivity contribution in [2.24, 2.45) is 0 Å². The van der Waals surface area contributed by atoms with Gasteiger partial charge in [-0.05, 0) is 48.6 Å². The maximum absolute atomic E-state index is 13.4. The molecule has 32 heavy (non-hydrogen) atoms. The number of hydrogen-bond acceptors (Lipinski definition) is 3. The van der Waals surface area contributed by atoms with Crippen LogP contribution in [0.5, 0.6) is 0 Å². The summed E-state index contributed by atoms with van der Waals surface area (Å²) in [5, 5.41) is 0. The summed E-state index contributed by atoms with van der Waals surface area (Å²) in [6.45, 7) is 3.21. The third-order valence-electron chi connectivity index (χ3n) is 6.96. The number of halogens is 1. The number of fused-ring (bicyclic) bond motifs is 4. The zero-order valence-corrected chi connectivity index (χ0v) is 18.7. The molecule has 6 rings (SSSR count). The Morgan fingerprint density at radius 2 is 1.78 bits per heavy atom. The number of aryl methyl sites for hydroxylation is 1. The van der Waals surface area contributed by atoms with Crippen LogP contribution >= 0.6 is 12.4 Å². The lowest BCUT2D eigenvalue weighted by molar-refractivity contribution is 0.0751. The van der Waals surface area contributed by atoms with Crippen molar-refractivity contribution < 1.29 is 4.79 Å². The Kier molecular flexibility index (Phi) is 5.05. The van der Waals surface area contributed by atoms with Crippen molar-refractivity contribution in [3.63, 3.8) is 0 Å². The summed E-state index contributed by atoms with van der Waals surface area (Å²) in [4.78, 5) is 35.4. The molecule has 1 amide bonds. The first-order chi connectivity index (χ1) is 15.1. The molecule has 0 spiro atoms. The van der Waals surface area contributed by atoms with Gasteiger partial charge in [0.1, 0.15) is 0 Å². The van der Waals surface area contributed by atoms with Crippen LogP contribution in [-0.4, -0.2) is 25.2 Å². The summed E-state index contributed by atoms with van der Waals surface area (Å²) in [7, 11) is 0. The van der Waals surface area contributed by atoms with Gasteiger partial charge in [-0.25, -0.2) is 4.98 Å². The Hall–Kier alpha value is -3.12. The quantitative estimate of drug-likeness (QED) is 0.482. The first kappa shape index (κ1) is 20.8. The second-order valence-electron chi connectivity index (χ2n) is 8.89. The number of nitrogens with one attached hydrogen (secondary N) is 1. The molecular formula is C25H25ClN4O2. The van der Waals surface area contributed by atoms with E-state index in [1.807, 2.05) is 46.7 Å². The molecule has 2 aliphatic rings. The zero-order valence-electron chi connectivity index (χ0n) is 17.9. The summed E-state index contributed by atoms with van der Waals surface area (Å²) < 4.78 is 2.01. The summed E-state index contributed by atoms with van der Waals surface area (Å²) in [6.07, 6.45) is 6.56. The molecule has 2 aromatic heterocycles. The van der Waals surface area contributed by atoms with Crippen LogP contribution in [0.2, 0.25) is 0 Å². The molecule has 4 aromatic rings. The average molecular weight is 449 g/mol. The van der Waals surface area contributed by atoms with Crippen LogP contribution in [0.3, 0.4) is 0 Å². The van der Waals surface area contributed by atoms with Crippen molar-refractivity contribution in [1.82, 2.24) is 19.3 Å². The van der Waals surface area contributed by atoms with Crippen LogP contribution < -0.4 is 5.56 Å². The van der Waals surface area contributed by atoms with Crippen molar-refractivity contribution in [2.75, 3.05) is 0 Å². The Balaban J connectivity index is 0.00000216. The van der Waals surface area contributed by atoms with Crippen molar-refractivity contribution in [3.8, 4) is 0 Å². The van der Waals surface area contributed by atoms with Gasteiger partial charge in [0.05, 0.1) is 11.0 Å². The Morgan fingerprint density at radius 1 is 1.09 bits per heavy atom. The minimum Gasteiger partial charge on any atom is -0.330 e. The molecule has 1 saturated carbocycles. The molecule has 0 atom stereocenters. The number of hydrogen-bond donors (Lipinski definition) is 1. The Labute approximate surface area is 191 Å². The smallest absolute Gasteiger partial charge is 0.292 e. The molecule has 0 unspecified atom stereocenters. The van der Waals surface area contributed by atoms with Gasteiger partial charge in [0.15, 0.2) is 0 Å². The number of carbonyl (C=O) groups excluding carboxylic acids is 1. The fourth-order valence-corrected chi connectivity index (χ4v) is 5.32. The van der Waals surface area contributed by atoms with E-state index < -0.39 is 0 Å². The number of imidazole rings is 1. The largest absolute Gasteiger partial charge is 0.330 e. The SMILES string of the molecule is Cc1cc2c(cc1C(=O)N1Cc3ccccc3C1)[nH]c(=O)c1ncc(C3CCCC3)n12.Cl. The molecule has 1 N–H and O–H groups in total. The molecule has 1 aliphatic heterocycles. The highest BCUT2D eigenvalue weighted by atomic mass is 35.5. The third kappa shape index (κ3) is 3.13. The first-order valence-electron chi connectivity index (χ1n) is 11.0. The van der Waals surface area contributed by atoms with Crippen LogP contribution in [0.15, 0.2) is 47.4 Å². The van der Waals surface area contributed by atoms with Crippen molar-refractivity contribution >= 4 is 35.0 Å². The van der Waals surface area contributed by atoms with Gasteiger partial charge in [-0.1, -0.05) is 37.1 Å². The highest BCUT2D eigenvalue weighted by molar-refractivity contribution is 5.99. The lowest BCUT2D eigenvalue weighted by Crippen LogP contribution is -2.26. The molecule has 164 valence electrons. The number of carbonyl (C=O) groups is 1. The van der Waals surface area contributed by atoms with E-state index in [0.717, 1.165) is 29.6 Å². The highest BCUT2D eigenvalue weighted by Gasteiger charge is 2.26. The zero-order chi connectivity index (χ0) is 21.1. The van der Waals surface area contributed by atoms with E-state index in [4.69, 9.17) is 0 Å². The fourth-order valence-electron chi connectivity index (χ4n) is 5.32. The lowest BCUT2D eigenvalue weighted by Gasteiger charge is -2.18. The molecule has 3 heterocycles. The highest BCUT2D eigenvalue weighted by Crippen LogP contribution is 2.35. The summed E-state index contributed by atoms with van der Waals surface area (Å²) >= 11 is 0. The molecule has 2 aromatic carbocycles. The van der Waals surface area contributed by atoms with Gasteiger partial charge in [-0.2, -0.15) is 0 Å². The molecule has 1 fully saturated rings. The minimum absolute atomic E-state index is 0. The van der Waals surface area contributed by atoms with Gasteiger partial charge in [0.25, 0.3) is 11.5 Å². The lowest BCUT2D eigenvalue weighted by atomic mass is 10.0. The van der Waals surface area contributed by atoms with E-state index >= 15 is 0 Å². The summed E-state index contributed by atoms with van der Waals surface area (Å²) in [6, 6.07) is 12.0. The minimum atomic E-state index is -0.215. The van der Waals surface area contributed by atoms with Crippen LogP contribution in [0, 0.1) is 6.92 Å². The Morgan fingerprint density at radius 3 is 2.47 bits per heavy atom. The number of benzene rings is 2. The number of rotatable bonds is 2. The van der Waals surface area contributed by atoms with Crippen LogP contribution in [0.4, 0.5) is 0 Å². The summed E-state index contributed by atoms with van der Waals surface area (Å²) in [5.41, 5.74) is 6.86. The molecule has 1 aliphatic carbocycles. The maximum Gasteiger partial charge on any atom is 0.292 e. The molecular weight excluding hydrogens is 424 g/mol. The molecule has 0 saturated heterocycles. The molecule has 0 radical (unpaired) electrons. The monoisotopic (exact) mass is 448 g/mol. The van der Waals surface area contributed by atoms with E-state index in [9.17, 15) is 9.59 Å². The topological polar surface area (TPSA) is 70.5 Å². The standard InChI is InChI=1S/C25H24N4O2.ClH/c1-15-10-21-20(11-19(15)25(31)28-13-17-8-4-5-9-18(17)14-28)27-24(30)23-26-12-22(29(21)23)16-6-2-3-7-16;/h4-5,8-12,16H,2-3,6-7,13-14H2,1H3,(H,27,30);1H. The number of H-pyrrole nitrogens is 1. The number of aromatic amines is 1. The second-order valence-corrected chi connectivity index (χ2v) is 8.89. The van der Waals surface area contributed by atoms with E-state index in [-0.39, 0.29) is 23.9 Å². The fraction of sp³-hybridized carbons (Fsp3) is 0.320. The van der Waals surface area contributed by atoms with Gasteiger partial charge in [-0.3, -0.25) is 14.0 Å². The Bertz CT molecular complexity index is 1390. The van der Waals surface area contributed by atoms with Crippen LogP contribution in [0.1, 0.15) is 64.3 Å². The number of nitrogens with zero attached hydrogens (tertiary/aromatic N) is 3. The van der Waals surface area contributed by atoms with Gasteiger partial charge in [0, 0.05) is 36.5 Å². The van der Waals surface area contributed by atoms with Crippen molar-refractivity contribution in [1.29, 1.82) is 0 Å². The van der Waals surface area contributed by atoms with E-state index in [0.29, 0.717) is 35.7 Å². The molecule has 7 heteroatoms. The average Bonchev–Trinajstić information content (AvgIpc) is 3.51. The van der Waals surface area contributed by atoms with Crippen molar-refractivity contribution in [3.05, 3.63) is 80.9 Å². The third-order valence-corrected chi connectivity index (χ3v) is 6.96. The normalized spacial score (nSPS) is 16.0. The predicted octanol–water partition coefficient (Wildman–Crippen LogP) is 4.72. The van der Waals surface area contributed by atoms with Gasteiger partial charge < -0.3 is 9.88 Å². The first-order valence-corrected chi connectivity index (χ1v) is 11.0. The molecule has 6 nitrogen and oxygen atoms in total. The maximum atomic E-state index is 13.4. The van der Waals surface area contributed by atoms with Crippen LogP contribution in [-0.2, 0) is 13.1 Å². The van der Waals surface area contributed by atoms with Gasteiger partial charge >= 0.3 is 0 Å². The predicted molar refractivity (Wildman–Crippen MR) is 127 cm³/mol. The van der Waals surface area contributed by atoms with Gasteiger partial charge in [-0.15, -0.1) is 12.4 Å². The van der Waals surface area contributed by atoms with Gasteiger partial charge in [0.2, 0.25) is 5.65 Å². The van der Waals surface area contributed by atoms with Crippen molar-refractivity contribution in [2.45, 2.75) is 51.6 Å². The van der Waals surface area contributed by atoms with E-state index in [2.05, 4.69) is 22.1 Å². The van der Waals surface area contributed by atoms with E-state index in [1.165, 1.54) is 24.0 Å². The van der Waals surface area contributed by atoms with Crippen LogP contribution in [0.25, 0.3) is 16.7 Å². The summed E-state index contributed by atoms with van der Waals surface area (Å²) in [5.74, 6) is 0.433. The van der Waals surface area contributed by atoms with E-state index in [1.54, 1.807) is 0 Å². The second kappa shape index (κ2) is 7.78. The number of amides is 1. The number of aromatic nitrogens is 3. The molecule has 0 bridgehead atoms.